The molecule has 1 unspecified atom stereocenters. The zero-order chi connectivity index (χ0) is 14.6. The van der Waals surface area contributed by atoms with Gasteiger partial charge in [-0.2, -0.15) is 9.40 Å². The van der Waals surface area contributed by atoms with Crippen molar-refractivity contribution in [3.8, 4) is 0 Å². The lowest BCUT2D eigenvalue weighted by Crippen LogP contribution is -2.43. The van der Waals surface area contributed by atoms with Crippen LogP contribution in [0.25, 0.3) is 0 Å². The van der Waals surface area contributed by atoms with Crippen molar-refractivity contribution in [2.45, 2.75) is 56.5 Å². The van der Waals surface area contributed by atoms with Gasteiger partial charge >= 0.3 is 0 Å². The second-order valence-corrected chi connectivity index (χ2v) is 7.42. The number of halogens is 1. The van der Waals surface area contributed by atoms with Gasteiger partial charge < -0.3 is 0 Å². The van der Waals surface area contributed by atoms with Crippen molar-refractivity contribution < 1.29 is 8.42 Å². The molecule has 1 aromatic rings. The minimum Gasteiger partial charge on any atom is -0.271 e. The second kappa shape index (κ2) is 6.91. The summed E-state index contributed by atoms with van der Waals surface area (Å²) in [5.74, 6) is 0.548. The van der Waals surface area contributed by atoms with Crippen LogP contribution in [0.1, 0.15) is 39.0 Å². The van der Waals surface area contributed by atoms with E-state index in [2.05, 4.69) is 5.10 Å². The van der Waals surface area contributed by atoms with E-state index >= 15 is 0 Å². The smallest absolute Gasteiger partial charge is 0.246 e. The third kappa shape index (κ3) is 3.35. The Labute approximate surface area is 126 Å². The molecule has 0 N–H and O–H groups in total. The number of hydrogen-bond acceptors (Lipinski definition) is 3. The number of hydrogen-bond donors (Lipinski definition) is 0. The molecule has 2 rings (SSSR count). The quantitative estimate of drug-likeness (QED) is 0.757. The summed E-state index contributed by atoms with van der Waals surface area (Å²) in [6.45, 7) is 3.31. The molecule has 5 nitrogen and oxygen atoms in total. The molecule has 1 saturated heterocycles. The molecule has 1 atom stereocenters. The van der Waals surface area contributed by atoms with Crippen molar-refractivity contribution in [1.82, 2.24) is 14.1 Å². The number of nitrogens with zero attached hydrogens (tertiary/aromatic N) is 3. The van der Waals surface area contributed by atoms with Gasteiger partial charge in [-0.25, -0.2) is 8.42 Å². The molecule has 114 valence electrons. The maximum atomic E-state index is 12.7. The van der Waals surface area contributed by atoms with Gasteiger partial charge in [0.15, 0.2) is 0 Å². The van der Waals surface area contributed by atoms with Crippen LogP contribution in [0, 0.1) is 0 Å². The average Bonchev–Trinajstić information content (AvgIpc) is 2.94. The van der Waals surface area contributed by atoms with E-state index < -0.39 is 10.0 Å². The molecule has 0 radical (unpaired) electrons. The topological polar surface area (TPSA) is 55.2 Å². The number of aryl methyl sites for hydroxylation is 1. The largest absolute Gasteiger partial charge is 0.271 e. The third-order valence-electron chi connectivity index (χ3n) is 3.78. The summed E-state index contributed by atoms with van der Waals surface area (Å²) in [7, 11) is -3.41. The van der Waals surface area contributed by atoms with Crippen molar-refractivity contribution in [2.24, 2.45) is 0 Å². The normalized spacial score (nSPS) is 21.2. The Morgan fingerprint density at radius 1 is 1.45 bits per heavy atom. The summed E-state index contributed by atoms with van der Waals surface area (Å²) in [6.07, 6.45) is 7.71. The highest BCUT2D eigenvalue weighted by Crippen LogP contribution is 2.26. The van der Waals surface area contributed by atoms with Crippen LogP contribution < -0.4 is 0 Å². The highest BCUT2D eigenvalue weighted by Gasteiger charge is 2.33. The molecule has 0 spiro atoms. The fraction of sp³-hybridized carbons (Fsp3) is 0.769. The Hall–Kier alpha value is -0.590. The third-order valence-corrected chi connectivity index (χ3v) is 5.95. The first-order valence-electron chi connectivity index (χ1n) is 7.20. The van der Waals surface area contributed by atoms with Crippen molar-refractivity contribution in [2.75, 3.05) is 12.4 Å². The van der Waals surface area contributed by atoms with Crippen LogP contribution in [0.3, 0.4) is 0 Å². The molecule has 0 aliphatic carbocycles. The first-order valence-corrected chi connectivity index (χ1v) is 9.17. The molecule has 7 heteroatoms. The number of sulfonamides is 1. The van der Waals surface area contributed by atoms with E-state index in [9.17, 15) is 8.42 Å². The van der Waals surface area contributed by atoms with Gasteiger partial charge in [0.25, 0.3) is 0 Å². The molecule has 2 heterocycles. The van der Waals surface area contributed by atoms with Gasteiger partial charge in [0.05, 0.1) is 6.20 Å². The lowest BCUT2D eigenvalue weighted by atomic mass is 10.0. The maximum Gasteiger partial charge on any atom is 0.246 e. The predicted molar refractivity (Wildman–Crippen MR) is 79.4 cm³/mol. The van der Waals surface area contributed by atoms with Gasteiger partial charge in [-0.15, -0.1) is 11.6 Å². The van der Waals surface area contributed by atoms with Crippen molar-refractivity contribution in [3.63, 3.8) is 0 Å². The van der Waals surface area contributed by atoms with Gasteiger partial charge in [-0.05, 0) is 25.7 Å². The summed E-state index contributed by atoms with van der Waals surface area (Å²) < 4.78 is 28.7. The molecule has 0 bridgehead atoms. The van der Waals surface area contributed by atoms with Gasteiger partial charge in [0.2, 0.25) is 10.0 Å². The Morgan fingerprint density at radius 3 is 2.95 bits per heavy atom. The van der Waals surface area contributed by atoms with Crippen molar-refractivity contribution >= 4 is 21.6 Å². The Morgan fingerprint density at radius 2 is 2.25 bits per heavy atom. The van der Waals surface area contributed by atoms with E-state index in [0.29, 0.717) is 23.9 Å². The average molecular weight is 320 g/mol. The summed E-state index contributed by atoms with van der Waals surface area (Å²) in [6, 6.07) is 0.125. The summed E-state index contributed by atoms with van der Waals surface area (Å²) >= 11 is 5.64. The van der Waals surface area contributed by atoms with Crippen LogP contribution >= 0.6 is 11.6 Å². The molecule has 1 fully saturated rings. The van der Waals surface area contributed by atoms with Crippen LogP contribution in [0.5, 0.6) is 0 Å². The predicted octanol–water partition coefficient (Wildman–Crippen LogP) is 2.47. The zero-order valence-electron chi connectivity index (χ0n) is 11.8. The highest BCUT2D eigenvalue weighted by atomic mass is 35.5. The van der Waals surface area contributed by atoms with Crippen LogP contribution in [0.4, 0.5) is 0 Å². The van der Waals surface area contributed by atoms with E-state index in [4.69, 9.17) is 11.6 Å². The second-order valence-electron chi connectivity index (χ2n) is 5.16. The van der Waals surface area contributed by atoms with Gasteiger partial charge in [0.1, 0.15) is 4.90 Å². The molecular weight excluding hydrogens is 298 g/mol. The number of rotatable bonds is 6. The maximum absolute atomic E-state index is 12.7. The summed E-state index contributed by atoms with van der Waals surface area (Å²) in [4.78, 5) is 0.299. The monoisotopic (exact) mass is 319 g/mol. The van der Waals surface area contributed by atoms with E-state index in [1.165, 1.54) is 6.20 Å². The number of piperidine rings is 1. The van der Waals surface area contributed by atoms with Crippen LogP contribution in [0.15, 0.2) is 17.3 Å². The first kappa shape index (κ1) is 15.8. The fourth-order valence-corrected chi connectivity index (χ4v) is 4.50. The fourth-order valence-electron chi connectivity index (χ4n) is 2.66. The lowest BCUT2D eigenvalue weighted by molar-refractivity contribution is 0.246. The molecule has 0 aromatic carbocycles. The van der Waals surface area contributed by atoms with Crippen LogP contribution in [-0.4, -0.2) is 41.0 Å². The van der Waals surface area contributed by atoms with Crippen LogP contribution in [-0.2, 0) is 16.6 Å². The Kier molecular flexibility index (Phi) is 5.46. The minimum atomic E-state index is -3.41. The zero-order valence-corrected chi connectivity index (χ0v) is 13.4. The van der Waals surface area contributed by atoms with Gasteiger partial charge in [-0.3, -0.25) is 4.68 Å². The van der Waals surface area contributed by atoms with Crippen LogP contribution in [0.2, 0.25) is 0 Å². The van der Waals surface area contributed by atoms with Gasteiger partial charge in [-0.1, -0.05) is 13.3 Å². The molecular formula is C13H22ClN3O2S. The Bertz CT molecular complexity index is 529. The van der Waals surface area contributed by atoms with E-state index in [1.807, 2.05) is 6.92 Å². The van der Waals surface area contributed by atoms with Crippen molar-refractivity contribution in [3.05, 3.63) is 12.4 Å². The molecule has 0 saturated carbocycles. The molecule has 1 aromatic heterocycles. The summed E-state index contributed by atoms with van der Waals surface area (Å²) in [5, 5.41) is 4.12. The standard InChI is InChI=1S/C13H22ClN3O2S/c1-2-12-6-3-4-9-17(12)20(18,19)13-10-15-16(11-13)8-5-7-14/h10-12H,2-9H2,1H3. The SMILES string of the molecule is CCC1CCCCN1S(=O)(=O)c1cnn(CCCCl)c1. The van der Waals surface area contributed by atoms with E-state index in [1.54, 1.807) is 15.2 Å². The highest BCUT2D eigenvalue weighted by molar-refractivity contribution is 7.89. The van der Waals surface area contributed by atoms with Gasteiger partial charge in [0, 0.05) is 31.2 Å². The van der Waals surface area contributed by atoms with Crippen molar-refractivity contribution in [1.29, 1.82) is 0 Å². The molecule has 20 heavy (non-hydrogen) atoms. The lowest BCUT2D eigenvalue weighted by Gasteiger charge is -2.33. The molecule has 1 aliphatic rings. The number of alkyl halides is 1. The first-order chi connectivity index (χ1) is 9.59. The summed E-state index contributed by atoms with van der Waals surface area (Å²) in [5.41, 5.74) is 0. The number of aromatic nitrogens is 2. The molecule has 0 amide bonds. The molecule has 1 aliphatic heterocycles. The Balaban J connectivity index is 2.18. The van der Waals surface area contributed by atoms with E-state index in [-0.39, 0.29) is 6.04 Å². The van der Waals surface area contributed by atoms with E-state index in [0.717, 1.165) is 32.1 Å². The minimum absolute atomic E-state index is 0.125.